The van der Waals surface area contributed by atoms with E-state index >= 15 is 0 Å². The number of hydrogen-bond donors (Lipinski definition) is 2. The number of amides is 2. The first-order valence-corrected chi connectivity index (χ1v) is 15.1. The average Bonchev–Trinajstić information content (AvgIpc) is 2.95. The zero-order valence-corrected chi connectivity index (χ0v) is 24.3. The molecular formula is C33H48N2O5. The Morgan fingerprint density at radius 3 is 1.93 bits per heavy atom. The zero-order chi connectivity index (χ0) is 28.7. The lowest BCUT2D eigenvalue weighted by atomic mass is 10.1. The number of hydrogen-bond acceptors (Lipinski definition) is 5. The van der Waals surface area contributed by atoms with E-state index in [1.807, 2.05) is 54.6 Å². The van der Waals surface area contributed by atoms with Crippen molar-refractivity contribution in [3.63, 3.8) is 0 Å². The van der Waals surface area contributed by atoms with E-state index in [1.54, 1.807) is 0 Å². The maximum Gasteiger partial charge on any atom is 0.310 e. The summed E-state index contributed by atoms with van der Waals surface area (Å²) in [7, 11) is 0. The van der Waals surface area contributed by atoms with Gasteiger partial charge in [0, 0.05) is 18.5 Å². The molecule has 2 N–H and O–H groups in total. The Morgan fingerprint density at radius 1 is 0.650 bits per heavy atom. The predicted molar refractivity (Wildman–Crippen MR) is 159 cm³/mol. The van der Waals surface area contributed by atoms with E-state index in [0.717, 1.165) is 49.7 Å². The molecule has 2 rings (SSSR count). The van der Waals surface area contributed by atoms with Crippen molar-refractivity contribution in [1.82, 2.24) is 5.48 Å². The summed E-state index contributed by atoms with van der Waals surface area (Å²) in [6, 6.07) is 17.0. The highest BCUT2D eigenvalue weighted by Crippen LogP contribution is 2.13. The fraction of sp³-hybridized carbons (Fsp3) is 0.545. The molecule has 220 valence electrons. The molecule has 0 unspecified atom stereocenters. The molecule has 0 bridgehead atoms. The third-order valence-corrected chi connectivity index (χ3v) is 6.67. The summed E-state index contributed by atoms with van der Waals surface area (Å²) < 4.78 is 5.37. The minimum Gasteiger partial charge on any atom is -0.465 e. The number of hydroxylamine groups is 1. The van der Waals surface area contributed by atoms with E-state index in [0.29, 0.717) is 31.7 Å². The minimum absolute atomic E-state index is 0.0374. The molecule has 40 heavy (non-hydrogen) atoms. The zero-order valence-electron chi connectivity index (χ0n) is 24.3. The number of ether oxygens (including phenoxy) is 1. The van der Waals surface area contributed by atoms with Crippen LogP contribution in [0, 0.1) is 0 Å². The molecule has 0 aliphatic carbocycles. The lowest BCUT2D eigenvalue weighted by molar-refractivity contribution is -0.143. The maximum absolute atomic E-state index is 12.2. The average molecular weight is 553 g/mol. The molecular weight excluding hydrogens is 504 g/mol. The first kappa shape index (κ1) is 33.0. The fourth-order valence-electron chi connectivity index (χ4n) is 4.32. The van der Waals surface area contributed by atoms with Gasteiger partial charge in [-0.3, -0.25) is 19.2 Å². The molecule has 0 aliphatic rings. The van der Waals surface area contributed by atoms with Gasteiger partial charge in [0.05, 0.1) is 19.6 Å². The van der Waals surface area contributed by atoms with Crippen molar-refractivity contribution < 1.29 is 24.0 Å². The highest BCUT2D eigenvalue weighted by atomic mass is 16.6. The Bertz CT molecular complexity index is 963. The lowest BCUT2D eigenvalue weighted by Crippen LogP contribution is -2.23. The van der Waals surface area contributed by atoms with Crippen LogP contribution in [0.4, 0.5) is 5.69 Å². The smallest absolute Gasteiger partial charge is 0.310 e. The van der Waals surface area contributed by atoms with Crippen LogP contribution in [0.2, 0.25) is 0 Å². The number of esters is 1. The summed E-state index contributed by atoms with van der Waals surface area (Å²) in [6.45, 7) is 3.05. The van der Waals surface area contributed by atoms with Gasteiger partial charge in [-0.15, -0.1) is 0 Å². The van der Waals surface area contributed by atoms with Crippen LogP contribution in [0.25, 0.3) is 0 Å². The van der Waals surface area contributed by atoms with Crippen molar-refractivity contribution in [2.24, 2.45) is 0 Å². The maximum atomic E-state index is 12.2. The van der Waals surface area contributed by atoms with Crippen LogP contribution < -0.4 is 10.8 Å². The first-order chi connectivity index (χ1) is 19.6. The molecule has 0 radical (unpaired) electrons. The first-order valence-electron chi connectivity index (χ1n) is 15.1. The van der Waals surface area contributed by atoms with Crippen molar-refractivity contribution in [1.29, 1.82) is 0 Å². The van der Waals surface area contributed by atoms with Gasteiger partial charge >= 0.3 is 5.97 Å². The molecule has 0 saturated carbocycles. The van der Waals surface area contributed by atoms with Gasteiger partial charge in [-0.1, -0.05) is 107 Å². The van der Waals surface area contributed by atoms with Gasteiger partial charge in [0.2, 0.25) is 11.8 Å². The largest absolute Gasteiger partial charge is 0.465 e. The highest BCUT2D eigenvalue weighted by Gasteiger charge is 2.07. The van der Waals surface area contributed by atoms with Crippen molar-refractivity contribution in [2.75, 3.05) is 11.9 Å². The summed E-state index contributed by atoms with van der Waals surface area (Å²) in [6.07, 6.45) is 14.1. The van der Waals surface area contributed by atoms with E-state index in [9.17, 15) is 14.4 Å². The summed E-state index contributed by atoms with van der Waals surface area (Å²) >= 11 is 0. The van der Waals surface area contributed by atoms with Crippen LogP contribution in [0.1, 0.15) is 108 Å². The van der Waals surface area contributed by atoms with Crippen LogP contribution >= 0.6 is 0 Å². The van der Waals surface area contributed by atoms with E-state index in [1.165, 1.54) is 38.5 Å². The Balaban J connectivity index is 1.46. The highest BCUT2D eigenvalue weighted by molar-refractivity contribution is 5.90. The van der Waals surface area contributed by atoms with Gasteiger partial charge in [0.15, 0.2) is 0 Å². The molecule has 2 aromatic rings. The number of unbranched alkanes of at least 4 members (excludes halogenated alkanes) is 10. The van der Waals surface area contributed by atoms with E-state index in [4.69, 9.17) is 9.57 Å². The summed E-state index contributed by atoms with van der Waals surface area (Å²) in [5.41, 5.74) is 5.06. The molecule has 0 atom stereocenters. The van der Waals surface area contributed by atoms with Crippen LogP contribution in [0.15, 0.2) is 54.6 Å². The van der Waals surface area contributed by atoms with Crippen molar-refractivity contribution in [3.05, 3.63) is 65.7 Å². The van der Waals surface area contributed by atoms with Crippen LogP contribution in [0.3, 0.4) is 0 Å². The fourth-order valence-corrected chi connectivity index (χ4v) is 4.32. The standard InChI is InChI=1S/C33H48N2O5/c1-2-3-4-5-6-7-10-16-25-39-33(38)26-28-21-23-30(24-22-28)34-31(36)19-14-8-9-15-20-32(37)35-40-27-29-17-12-11-13-18-29/h11-13,17-18,21-24H,2-10,14-16,19-20,25-27H2,1H3,(H,34,36)(H,35,37). The second kappa shape index (κ2) is 21.6. The predicted octanol–water partition coefficient (Wildman–Crippen LogP) is 7.44. The molecule has 2 amide bonds. The number of carbonyl (C=O) groups is 3. The summed E-state index contributed by atoms with van der Waals surface area (Å²) in [5.74, 6) is -0.379. The van der Waals surface area contributed by atoms with E-state index in [-0.39, 0.29) is 24.2 Å². The normalized spacial score (nSPS) is 10.7. The van der Waals surface area contributed by atoms with Gasteiger partial charge in [-0.2, -0.15) is 0 Å². The van der Waals surface area contributed by atoms with Crippen LogP contribution in [0.5, 0.6) is 0 Å². The van der Waals surface area contributed by atoms with Crippen molar-refractivity contribution in [3.8, 4) is 0 Å². The minimum atomic E-state index is -0.211. The lowest BCUT2D eigenvalue weighted by Gasteiger charge is -2.08. The molecule has 0 aromatic heterocycles. The molecule has 0 heterocycles. The number of benzene rings is 2. The van der Waals surface area contributed by atoms with E-state index in [2.05, 4.69) is 17.7 Å². The van der Waals surface area contributed by atoms with Crippen LogP contribution in [-0.2, 0) is 37.0 Å². The van der Waals surface area contributed by atoms with Gasteiger partial charge in [0.25, 0.3) is 0 Å². The Hall–Kier alpha value is -3.19. The van der Waals surface area contributed by atoms with Gasteiger partial charge < -0.3 is 10.1 Å². The van der Waals surface area contributed by atoms with Crippen molar-refractivity contribution in [2.45, 2.75) is 110 Å². The van der Waals surface area contributed by atoms with E-state index < -0.39 is 0 Å². The number of carbonyl (C=O) groups excluding carboxylic acids is 3. The van der Waals surface area contributed by atoms with Gasteiger partial charge in [-0.25, -0.2) is 5.48 Å². The molecule has 0 fully saturated rings. The summed E-state index contributed by atoms with van der Waals surface area (Å²) in [5, 5.41) is 2.90. The third kappa shape index (κ3) is 16.7. The second-order valence-electron chi connectivity index (χ2n) is 10.3. The Kier molecular flexibility index (Phi) is 17.8. The van der Waals surface area contributed by atoms with Gasteiger partial charge in [0.1, 0.15) is 0 Å². The Morgan fingerprint density at radius 2 is 1.25 bits per heavy atom. The third-order valence-electron chi connectivity index (χ3n) is 6.67. The van der Waals surface area contributed by atoms with Crippen LogP contribution in [-0.4, -0.2) is 24.4 Å². The molecule has 0 saturated heterocycles. The topological polar surface area (TPSA) is 93.7 Å². The van der Waals surface area contributed by atoms with Gasteiger partial charge in [-0.05, 0) is 42.5 Å². The SMILES string of the molecule is CCCCCCCCCCOC(=O)Cc1ccc(NC(=O)CCCCCCC(=O)NOCc2ccccc2)cc1. The molecule has 7 heteroatoms. The number of rotatable bonds is 22. The monoisotopic (exact) mass is 552 g/mol. The number of anilines is 1. The second-order valence-corrected chi connectivity index (χ2v) is 10.3. The van der Waals surface area contributed by atoms with Crippen molar-refractivity contribution >= 4 is 23.5 Å². The molecule has 2 aromatic carbocycles. The quantitative estimate of drug-likeness (QED) is 0.0899. The number of nitrogens with one attached hydrogen (secondary N) is 2. The molecule has 0 spiro atoms. The molecule has 0 aliphatic heterocycles. The Labute approximate surface area is 240 Å². The molecule has 7 nitrogen and oxygen atoms in total. The summed E-state index contributed by atoms with van der Waals surface area (Å²) in [4.78, 5) is 41.4.